The summed E-state index contributed by atoms with van der Waals surface area (Å²) in [7, 11) is 3.64. The van der Waals surface area contributed by atoms with E-state index in [9.17, 15) is 0 Å². The lowest BCUT2D eigenvalue weighted by Gasteiger charge is -2.23. The molecule has 0 bridgehead atoms. The van der Waals surface area contributed by atoms with Gasteiger partial charge in [0.25, 0.3) is 0 Å². The maximum Gasteiger partial charge on any atom is 0.202 e. The van der Waals surface area contributed by atoms with E-state index in [0.29, 0.717) is 18.5 Å². The van der Waals surface area contributed by atoms with Crippen molar-refractivity contribution < 1.29 is 4.74 Å². The number of rotatable bonds is 5. The lowest BCUT2D eigenvalue weighted by molar-refractivity contribution is 0.135. The standard InChI is InChI=1S/C13H23N5O/c1-6-9-11-12(17(4)16-9)18(13(14)15-11)10(7-19-5)8(2)3/h8,10H,6-7H2,1-5H3,(H2,14,15). The van der Waals surface area contributed by atoms with Gasteiger partial charge in [-0.1, -0.05) is 20.8 Å². The number of hydrogen-bond acceptors (Lipinski definition) is 4. The first kappa shape index (κ1) is 13.9. The first-order chi connectivity index (χ1) is 9.01. The molecule has 106 valence electrons. The van der Waals surface area contributed by atoms with Crippen LogP contribution in [0, 0.1) is 5.92 Å². The molecule has 0 aliphatic heterocycles. The Morgan fingerprint density at radius 2 is 2.05 bits per heavy atom. The maximum atomic E-state index is 6.11. The zero-order valence-corrected chi connectivity index (χ0v) is 12.3. The van der Waals surface area contributed by atoms with E-state index in [0.717, 1.165) is 23.3 Å². The van der Waals surface area contributed by atoms with E-state index < -0.39 is 0 Å². The van der Waals surface area contributed by atoms with Crippen LogP contribution < -0.4 is 5.73 Å². The van der Waals surface area contributed by atoms with E-state index in [1.54, 1.807) is 7.11 Å². The Balaban J connectivity index is 2.64. The molecular weight excluding hydrogens is 242 g/mol. The molecule has 0 aliphatic carbocycles. The van der Waals surface area contributed by atoms with E-state index in [-0.39, 0.29) is 6.04 Å². The predicted molar refractivity (Wildman–Crippen MR) is 76.0 cm³/mol. The Bertz CT molecular complexity index is 569. The highest BCUT2D eigenvalue weighted by Crippen LogP contribution is 2.29. The third-order valence-corrected chi connectivity index (χ3v) is 3.54. The molecule has 1 unspecified atom stereocenters. The number of nitrogens with zero attached hydrogens (tertiary/aromatic N) is 4. The van der Waals surface area contributed by atoms with Gasteiger partial charge < -0.3 is 10.5 Å². The molecular formula is C13H23N5O. The summed E-state index contributed by atoms with van der Waals surface area (Å²) in [6.45, 7) is 7.00. The van der Waals surface area contributed by atoms with Gasteiger partial charge in [0.2, 0.25) is 5.95 Å². The first-order valence-electron chi connectivity index (χ1n) is 6.69. The SMILES string of the molecule is CCc1nn(C)c2c1nc(N)n2C(COC)C(C)C. The van der Waals surface area contributed by atoms with Crippen molar-refractivity contribution in [2.45, 2.75) is 33.2 Å². The minimum absolute atomic E-state index is 0.162. The van der Waals surface area contributed by atoms with Crippen LogP contribution in [0.2, 0.25) is 0 Å². The number of nitrogens with two attached hydrogens (primary N) is 1. The van der Waals surface area contributed by atoms with E-state index in [2.05, 4.69) is 35.4 Å². The summed E-state index contributed by atoms with van der Waals surface area (Å²) in [4.78, 5) is 4.49. The van der Waals surface area contributed by atoms with Crippen LogP contribution in [0.4, 0.5) is 5.95 Å². The van der Waals surface area contributed by atoms with Crippen molar-refractivity contribution >= 4 is 17.1 Å². The summed E-state index contributed by atoms with van der Waals surface area (Å²) < 4.78 is 9.25. The number of imidazole rings is 1. The third-order valence-electron chi connectivity index (χ3n) is 3.54. The fourth-order valence-corrected chi connectivity index (χ4v) is 2.52. The van der Waals surface area contributed by atoms with Gasteiger partial charge in [0, 0.05) is 14.2 Å². The molecule has 0 aliphatic rings. The van der Waals surface area contributed by atoms with Crippen molar-refractivity contribution in [1.29, 1.82) is 0 Å². The monoisotopic (exact) mass is 265 g/mol. The Labute approximate surface area is 113 Å². The fourth-order valence-electron chi connectivity index (χ4n) is 2.52. The first-order valence-corrected chi connectivity index (χ1v) is 6.69. The van der Waals surface area contributed by atoms with E-state index in [1.807, 2.05) is 11.7 Å². The van der Waals surface area contributed by atoms with Crippen molar-refractivity contribution in [2.24, 2.45) is 13.0 Å². The second-order valence-electron chi connectivity index (χ2n) is 5.20. The molecule has 0 fully saturated rings. The average molecular weight is 265 g/mol. The molecule has 0 spiro atoms. The van der Waals surface area contributed by atoms with Crippen LogP contribution in [0.1, 0.15) is 32.5 Å². The zero-order valence-electron chi connectivity index (χ0n) is 12.3. The van der Waals surface area contributed by atoms with Crippen molar-refractivity contribution in [1.82, 2.24) is 19.3 Å². The van der Waals surface area contributed by atoms with Crippen LogP contribution in [-0.2, 0) is 18.2 Å². The minimum atomic E-state index is 0.162. The lowest BCUT2D eigenvalue weighted by Crippen LogP contribution is -2.22. The topological polar surface area (TPSA) is 70.9 Å². The van der Waals surface area contributed by atoms with Gasteiger partial charge in [0.1, 0.15) is 5.52 Å². The summed E-state index contributed by atoms with van der Waals surface area (Å²) >= 11 is 0. The molecule has 2 aromatic heterocycles. The van der Waals surface area contributed by atoms with Crippen molar-refractivity contribution in [3.8, 4) is 0 Å². The highest BCUT2D eigenvalue weighted by Gasteiger charge is 2.24. The molecule has 0 aromatic carbocycles. The quantitative estimate of drug-likeness (QED) is 0.894. The second kappa shape index (κ2) is 5.21. The van der Waals surface area contributed by atoms with Crippen LogP contribution in [0.5, 0.6) is 0 Å². The lowest BCUT2D eigenvalue weighted by atomic mass is 10.1. The van der Waals surface area contributed by atoms with Crippen LogP contribution in [0.15, 0.2) is 0 Å². The van der Waals surface area contributed by atoms with Crippen LogP contribution >= 0.6 is 0 Å². The van der Waals surface area contributed by atoms with E-state index >= 15 is 0 Å². The molecule has 1 atom stereocenters. The Hall–Kier alpha value is -1.56. The van der Waals surface area contributed by atoms with Gasteiger partial charge in [0.05, 0.1) is 18.3 Å². The summed E-state index contributed by atoms with van der Waals surface area (Å²) in [6.07, 6.45) is 0.852. The summed E-state index contributed by atoms with van der Waals surface area (Å²) in [6, 6.07) is 0.162. The largest absolute Gasteiger partial charge is 0.383 e. The Morgan fingerprint density at radius 1 is 1.37 bits per heavy atom. The number of nitrogen functional groups attached to an aromatic ring is 1. The van der Waals surface area contributed by atoms with Crippen molar-refractivity contribution in [3.63, 3.8) is 0 Å². The molecule has 2 rings (SSSR count). The number of ether oxygens (including phenoxy) is 1. The maximum absolute atomic E-state index is 6.11. The van der Waals surface area contributed by atoms with Crippen LogP contribution in [0.3, 0.4) is 0 Å². The predicted octanol–water partition coefficient (Wildman–Crippen LogP) is 1.76. The molecule has 2 N–H and O–H groups in total. The molecule has 0 saturated heterocycles. The van der Waals surface area contributed by atoms with Crippen molar-refractivity contribution in [2.75, 3.05) is 19.5 Å². The smallest absolute Gasteiger partial charge is 0.202 e. The Morgan fingerprint density at radius 3 is 2.58 bits per heavy atom. The molecule has 0 amide bonds. The van der Waals surface area contributed by atoms with Gasteiger partial charge in [0.15, 0.2) is 5.65 Å². The molecule has 19 heavy (non-hydrogen) atoms. The van der Waals surface area contributed by atoms with Gasteiger partial charge in [-0.2, -0.15) is 5.10 Å². The summed E-state index contributed by atoms with van der Waals surface area (Å²) in [5.41, 5.74) is 8.99. The van der Waals surface area contributed by atoms with Crippen LogP contribution in [-0.4, -0.2) is 33.0 Å². The van der Waals surface area contributed by atoms with Gasteiger partial charge in [-0.3, -0.25) is 9.25 Å². The third kappa shape index (κ3) is 2.20. The number of fused-ring (bicyclic) bond motifs is 1. The van der Waals surface area contributed by atoms with Gasteiger partial charge in [-0.05, 0) is 12.3 Å². The second-order valence-corrected chi connectivity index (χ2v) is 5.20. The number of methoxy groups -OCH3 is 1. The number of aromatic nitrogens is 4. The van der Waals surface area contributed by atoms with Gasteiger partial charge in [-0.15, -0.1) is 0 Å². The molecule has 0 radical (unpaired) electrons. The molecule has 6 heteroatoms. The van der Waals surface area contributed by atoms with E-state index in [4.69, 9.17) is 10.5 Å². The number of aryl methyl sites for hydroxylation is 2. The molecule has 6 nitrogen and oxygen atoms in total. The normalized spacial score (nSPS) is 13.6. The average Bonchev–Trinajstić information content (AvgIpc) is 2.83. The summed E-state index contributed by atoms with van der Waals surface area (Å²) in [5, 5.41) is 4.51. The fraction of sp³-hybridized carbons (Fsp3) is 0.692. The van der Waals surface area contributed by atoms with Crippen molar-refractivity contribution in [3.05, 3.63) is 5.69 Å². The molecule has 0 saturated carbocycles. The van der Waals surface area contributed by atoms with Gasteiger partial charge in [-0.25, -0.2) is 4.98 Å². The number of hydrogen-bond donors (Lipinski definition) is 1. The van der Waals surface area contributed by atoms with Crippen LogP contribution in [0.25, 0.3) is 11.2 Å². The van der Waals surface area contributed by atoms with Gasteiger partial charge >= 0.3 is 0 Å². The molecule has 2 heterocycles. The highest BCUT2D eigenvalue weighted by molar-refractivity contribution is 5.78. The number of anilines is 1. The highest BCUT2D eigenvalue weighted by atomic mass is 16.5. The summed E-state index contributed by atoms with van der Waals surface area (Å²) in [5.74, 6) is 0.938. The Kier molecular flexibility index (Phi) is 3.80. The van der Waals surface area contributed by atoms with E-state index in [1.165, 1.54) is 0 Å². The molecule has 2 aromatic rings. The minimum Gasteiger partial charge on any atom is -0.383 e. The zero-order chi connectivity index (χ0) is 14.2.